The third-order valence-corrected chi connectivity index (χ3v) is 6.93. The van der Waals surface area contributed by atoms with Gasteiger partial charge in [-0.15, -0.1) is 0 Å². The fraction of sp³-hybridized carbons (Fsp3) is 0.435. The Labute approximate surface area is 179 Å². The van der Waals surface area contributed by atoms with Gasteiger partial charge in [0.25, 0.3) is 0 Å². The highest BCUT2D eigenvalue weighted by Gasteiger charge is 2.16. The number of sulfonamides is 1. The molecule has 1 saturated heterocycles. The van der Waals surface area contributed by atoms with Crippen molar-refractivity contribution in [3.63, 3.8) is 0 Å². The first kappa shape index (κ1) is 22.5. The molecule has 0 bridgehead atoms. The normalized spacial score (nSPS) is 15.8. The van der Waals surface area contributed by atoms with Gasteiger partial charge in [0.05, 0.1) is 4.90 Å². The number of piperidine rings is 1. The van der Waals surface area contributed by atoms with Crippen LogP contribution in [-0.4, -0.2) is 32.3 Å². The van der Waals surface area contributed by atoms with E-state index in [2.05, 4.69) is 34.0 Å². The average Bonchev–Trinajstić information content (AvgIpc) is 2.75. The zero-order valence-corrected chi connectivity index (χ0v) is 18.5. The molecule has 0 radical (unpaired) electrons. The maximum Gasteiger partial charge on any atom is 0.240 e. The van der Waals surface area contributed by atoms with Crippen LogP contribution in [0.3, 0.4) is 0 Å². The van der Waals surface area contributed by atoms with Crippen LogP contribution in [0.4, 0.5) is 5.69 Å². The van der Waals surface area contributed by atoms with Crippen molar-refractivity contribution in [1.29, 1.82) is 0 Å². The number of carbonyl (C=O) groups excluding carboxylic acids is 1. The summed E-state index contributed by atoms with van der Waals surface area (Å²) >= 11 is 0. The predicted octanol–water partition coefficient (Wildman–Crippen LogP) is 3.75. The molecule has 0 saturated carbocycles. The Bertz CT molecular complexity index is 950. The van der Waals surface area contributed by atoms with E-state index in [0.717, 1.165) is 31.1 Å². The first-order valence-electron chi connectivity index (χ1n) is 10.6. The second-order valence-electron chi connectivity index (χ2n) is 8.03. The van der Waals surface area contributed by atoms with Gasteiger partial charge in [0.1, 0.15) is 0 Å². The Morgan fingerprint density at radius 2 is 1.73 bits per heavy atom. The summed E-state index contributed by atoms with van der Waals surface area (Å²) in [6.07, 6.45) is 2.85. The van der Waals surface area contributed by atoms with E-state index in [1.54, 1.807) is 19.1 Å². The van der Waals surface area contributed by atoms with E-state index in [0.29, 0.717) is 12.1 Å². The summed E-state index contributed by atoms with van der Waals surface area (Å²) in [7, 11) is -3.63. The molecule has 0 atom stereocenters. The fourth-order valence-electron chi connectivity index (χ4n) is 3.54. The number of hydrogen-bond acceptors (Lipinski definition) is 4. The van der Waals surface area contributed by atoms with Crippen LogP contribution in [0, 0.1) is 5.92 Å². The smallest absolute Gasteiger partial charge is 0.240 e. The van der Waals surface area contributed by atoms with E-state index in [-0.39, 0.29) is 17.3 Å². The van der Waals surface area contributed by atoms with E-state index >= 15 is 0 Å². The number of nitrogens with one attached hydrogen (secondary N) is 2. The monoisotopic (exact) mass is 429 g/mol. The standard InChI is InChI=1S/C23H31N3O3S/c1-3-23(27)25-21-7-9-22(10-8-21)30(28,29)24-16-19-5-4-6-20(15-19)17-26-13-11-18(2)12-14-26/h4-10,15,18,24H,3,11-14,16-17H2,1-2H3,(H,25,27). The van der Waals surface area contributed by atoms with Crippen LogP contribution in [-0.2, 0) is 27.9 Å². The van der Waals surface area contributed by atoms with Gasteiger partial charge < -0.3 is 5.32 Å². The molecule has 1 aliphatic rings. The van der Waals surface area contributed by atoms with Gasteiger partial charge >= 0.3 is 0 Å². The van der Waals surface area contributed by atoms with Gasteiger partial charge in [-0.2, -0.15) is 0 Å². The molecule has 1 heterocycles. The van der Waals surface area contributed by atoms with Crippen LogP contribution < -0.4 is 10.0 Å². The molecule has 2 aromatic carbocycles. The largest absolute Gasteiger partial charge is 0.326 e. The summed E-state index contributed by atoms with van der Waals surface area (Å²) in [6.45, 7) is 7.44. The predicted molar refractivity (Wildman–Crippen MR) is 120 cm³/mol. The molecule has 2 N–H and O–H groups in total. The summed E-state index contributed by atoms with van der Waals surface area (Å²) < 4.78 is 27.9. The van der Waals surface area contributed by atoms with Crippen LogP contribution in [0.15, 0.2) is 53.4 Å². The zero-order chi connectivity index (χ0) is 21.6. The maximum atomic E-state index is 12.6. The van der Waals surface area contributed by atoms with Gasteiger partial charge in [-0.3, -0.25) is 9.69 Å². The highest BCUT2D eigenvalue weighted by Crippen LogP contribution is 2.19. The topological polar surface area (TPSA) is 78.5 Å². The molecule has 0 spiro atoms. The number of anilines is 1. The average molecular weight is 430 g/mol. The number of benzene rings is 2. The summed E-state index contributed by atoms with van der Waals surface area (Å²) in [4.78, 5) is 14.1. The third kappa shape index (κ3) is 6.39. The molecule has 3 rings (SSSR count). The van der Waals surface area contributed by atoms with E-state index in [4.69, 9.17) is 0 Å². The molecule has 30 heavy (non-hydrogen) atoms. The summed E-state index contributed by atoms with van der Waals surface area (Å²) in [6, 6.07) is 14.3. The molecular formula is C23H31N3O3S. The molecule has 1 amide bonds. The molecule has 162 valence electrons. The molecule has 6 nitrogen and oxygen atoms in total. The van der Waals surface area contributed by atoms with Gasteiger partial charge in [-0.05, 0) is 67.2 Å². The van der Waals surface area contributed by atoms with Gasteiger partial charge in [0.15, 0.2) is 0 Å². The van der Waals surface area contributed by atoms with Crippen molar-refractivity contribution >= 4 is 21.6 Å². The molecule has 0 aromatic heterocycles. The van der Waals surface area contributed by atoms with Gasteiger partial charge in [-0.1, -0.05) is 38.1 Å². The van der Waals surface area contributed by atoms with E-state index in [1.165, 1.54) is 30.5 Å². The quantitative estimate of drug-likeness (QED) is 0.670. The minimum atomic E-state index is -3.63. The van der Waals surface area contributed by atoms with Crippen molar-refractivity contribution in [2.75, 3.05) is 18.4 Å². The molecule has 0 unspecified atom stereocenters. The molecule has 7 heteroatoms. The highest BCUT2D eigenvalue weighted by molar-refractivity contribution is 7.89. The minimum Gasteiger partial charge on any atom is -0.326 e. The van der Waals surface area contributed by atoms with Crippen molar-refractivity contribution in [3.05, 3.63) is 59.7 Å². The lowest BCUT2D eigenvalue weighted by Gasteiger charge is -2.30. The number of nitrogens with zero attached hydrogens (tertiary/aromatic N) is 1. The molecule has 0 aliphatic carbocycles. The first-order valence-corrected chi connectivity index (χ1v) is 12.0. The van der Waals surface area contributed by atoms with Crippen molar-refractivity contribution in [2.24, 2.45) is 5.92 Å². The number of carbonyl (C=O) groups is 1. The Morgan fingerprint density at radius 1 is 1.07 bits per heavy atom. The number of likely N-dealkylation sites (tertiary alicyclic amines) is 1. The van der Waals surface area contributed by atoms with E-state index in [1.807, 2.05) is 12.1 Å². The van der Waals surface area contributed by atoms with Crippen LogP contribution in [0.2, 0.25) is 0 Å². The van der Waals surface area contributed by atoms with Gasteiger partial charge in [0, 0.05) is 25.2 Å². The molecule has 1 fully saturated rings. The molecular weight excluding hydrogens is 398 g/mol. The van der Waals surface area contributed by atoms with Gasteiger partial charge in [0.2, 0.25) is 15.9 Å². The Hall–Kier alpha value is -2.22. The van der Waals surface area contributed by atoms with Crippen LogP contribution in [0.25, 0.3) is 0 Å². The third-order valence-electron chi connectivity index (χ3n) is 5.51. The highest BCUT2D eigenvalue weighted by atomic mass is 32.2. The Morgan fingerprint density at radius 3 is 2.40 bits per heavy atom. The summed E-state index contributed by atoms with van der Waals surface area (Å²) in [5.41, 5.74) is 2.73. The zero-order valence-electron chi connectivity index (χ0n) is 17.7. The first-order chi connectivity index (χ1) is 14.4. The maximum absolute atomic E-state index is 12.6. The van der Waals surface area contributed by atoms with Crippen LogP contribution in [0.5, 0.6) is 0 Å². The van der Waals surface area contributed by atoms with Crippen LogP contribution in [0.1, 0.15) is 44.2 Å². The van der Waals surface area contributed by atoms with Crippen molar-refractivity contribution < 1.29 is 13.2 Å². The molecule has 1 aliphatic heterocycles. The van der Waals surface area contributed by atoms with Crippen molar-refractivity contribution in [1.82, 2.24) is 9.62 Å². The summed E-state index contributed by atoms with van der Waals surface area (Å²) in [5, 5.41) is 2.71. The second-order valence-corrected chi connectivity index (χ2v) is 9.80. The lowest BCUT2D eigenvalue weighted by Crippen LogP contribution is -2.32. The SMILES string of the molecule is CCC(=O)Nc1ccc(S(=O)(=O)NCc2cccc(CN3CCC(C)CC3)c2)cc1. The molecule has 2 aromatic rings. The Kier molecular flexibility index (Phi) is 7.64. The lowest BCUT2D eigenvalue weighted by atomic mass is 9.98. The minimum absolute atomic E-state index is 0.109. The van der Waals surface area contributed by atoms with Crippen molar-refractivity contribution in [2.45, 2.75) is 51.1 Å². The van der Waals surface area contributed by atoms with E-state index in [9.17, 15) is 13.2 Å². The van der Waals surface area contributed by atoms with Gasteiger partial charge in [-0.25, -0.2) is 13.1 Å². The number of amides is 1. The van der Waals surface area contributed by atoms with Crippen LogP contribution >= 0.6 is 0 Å². The number of rotatable bonds is 8. The number of hydrogen-bond donors (Lipinski definition) is 2. The second kappa shape index (κ2) is 10.2. The van der Waals surface area contributed by atoms with Crippen molar-refractivity contribution in [3.8, 4) is 0 Å². The van der Waals surface area contributed by atoms with E-state index < -0.39 is 10.0 Å². The lowest BCUT2D eigenvalue weighted by molar-refractivity contribution is -0.115. The summed E-state index contributed by atoms with van der Waals surface area (Å²) in [5.74, 6) is 0.696. The Balaban J connectivity index is 1.58. The fourth-order valence-corrected chi connectivity index (χ4v) is 4.56.